The van der Waals surface area contributed by atoms with Crippen molar-refractivity contribution in [3.8, 4) is 11.1 Å². The first kappa shape index (κ1) is 23.8. The minimum atomic E-state index is -0.736. The number of cyclic esters (lactones) is 1. The fourth-order valence-electron chi connectivity index (χ4n) is 4.83. The molecule has 3 aromatic rings. The first-order valence-electron chi connectivity index (χ1n) is 11.7. The lowest BCUT2D eigenvalue weighted by Crippen LogP contribution is -2.52. The van der Waals surface area contributed by atoms with Crippen LogP contribution >= 0.6 is 0 Å². The van der Waals surface area contributed by atoms with Crippen molar-refractivity contribution in [1.29, 1.82) is 0 Å². The van der Waals surface area contributed by atoms with Crippen LogP contribution in [0.25, 0.3) is 11.1 Å². The lowest BCUT2D eigenvalue weighted by Gasteiger charge is -2.45. The van der Waals surface area contributed by atoms with Crippen molar-refractivity contribution in [1.82, 2.24) is 9.47 Å². The summed E-state index contributed by atoms with van der Waals surface area (Å²) in [7, 11) is 1.74. The fraction of sp³-hybridized carbons (Fsp3) is 0.357. The van der Waals surface area contributed by atoms with Gasteiger partial charge in [-0.2, -0.15) is 0 Å². The topological polar surface area (TPSA) is 77.6 Å². The van der Waals surface area contributed by atoms with Crippen molar-refractivity contribution in [3.63, 3.8) is 0 Å². The first-order valence-corrected chi connectivity index (χ1v) is 11.7. The summed E-state index contributed by atoms with van der Waals surface area (Å²) in [6, 6.07) is 21.3. The van der Waals surface area contributed by atoms with Crippen molar-refractivity contribution >= 4 is 6.09 Å². The summed E-state index contributed by atoms with van der Waals surface area (Å²) >= 11 is 0. The van der Waals surface area contributed by atoms with E-state index in [-0.39, 0.29) is 17.7 Å². The molecule has 4 rings (SSSR count). The number of ether oxygens (including phenoxy) is 1. The van der Waals surface area contributed by atoms with E-state index in [2.05, 4.69) is 0 Å². The molecule has 0 aliphatic carbocycles. The van der Waals surface area contributed by atoms with Crippen LogP contribution in [0.3, 0.4) is 0 Å². The number of aromatic nitrogens is 1. The zero-order chi connectivity index (χ0) is 24.5. The zero-order valence-electron chi connectivity index (χ0n) is 20.3. The normalized spacial score (nSPS) is 19.6. The lowest BCUT2D eigenvalue weighted by atomic mass is 9.79. The Labute approximate surface area is 201 Å². The van der Waals surface area contributed by atoms with Gasteiger partial charge in [0.15, 0.2) is 0 Å². The predicted octanol–water partition coefficient (Wildman–Crippen LogP) is 4.98. The number of nitrogens with zero attached hydrogens (tertiary/aromatic N) is 2. The van der Waals surface area contributed by atoms with E-state index < -0.39 is 11.1 Å². The van der Waals surface area contributed by atoms with Crippen molar-refractivity contribution in [2.75, 3.05) is 6.54 Å². The van der Waals surface area contributed by atoms with E-state index in [9.17, 15) is 9.59 Å². The smallest absolute Gasteiger partial charge is 0.411 e. The van der Waals surface area contributed by atoms with Crippen LogP contribution < -0.4 is 11.3 Å². The van der Waals surface area contributed by atoms with Gasteiger partial charge < -0.3 is 19.9 Å². The number of pyridine rings is 1. The quantitative estimate of drug-likeness (QED) is 0.564. The molecule has 0 bridgehead atoms. The molecule has 2 atom stereocenters. The molecule has 1 fully saturated rings. The van der Waals surface area contributed by atoms with E-state index in [1.54, 1.807) is 22.6 Å². The number of hydrogen-bond donors (Lipinski definition) is 1. The second kappa shape index (κ2) is 9.11. The Morgan fingerprint density at radius 2 is 1.65 bits per heavy atom. The molecule has 1 aliphatic heterocycles. The molecule has 6 heteroatoms. The van der Waals surface area contributed by atoms with E-state index in [4.69, 9.17) is 10.5 Å². The molecule has 178 valence electrons. The molecule has 34 heavy (non-hydrogen) atoms. The summed E-state index contributed by atoms with van der Waals surface area (Å²) in [5.74, 6) is 0. The Morgan fingerprint density at radius 3 is 2.24 bits per heavy atom. The zero-order valence-corrected chi connectivity index (χ0v) is 20.3. The minimum Gasteiger partial charge on any atom is -0.438 e. The van der Waals surface area contributed by atoms with Crippen LogP contribution in [-0.2, 0) is 17.4 Å². The van der Waals surface area contributed by atoms with Gasteiger partial charge in [-0.3, -0.25) is 4.79 Å². The Morgan fingerprint density at radius 1 is 1.00 bits per heavy atom. The molecule has 6 nitrogen and oxygen atoms in total. The van der Waals surface area contributed by atoms with Gasteiger partial charge in [0.25, 0.3) is 0 Å². The largest absolute Gasteiger partial charge is 0.438 e. The number of aryl methyl sites for hydroxylation is 1. The second-order valence-electron chi connectivity index (χ2n) is 10.0. The Hall–Kier alpha value is -3.38. The molecule has 1 aliphatic rings. The fourth-order valence-corrected chi connectivity index (χ4v) is 4.83. The third kappa shape index (κ3) is 4.92. The average Bonchev–Trinajstić information content (AvgIpc) is 2.80. The maximum Gasteiger partial charge on any atom is 0.411 e. The van der Waals surface area contributed by atoms with Crippen LogP contribution in [0.15, 0.2) is 77.7 Å². The molecule has 0 spiro atoms. The molecule has 1 saturated heterocycles. The van der Waals surface area contributed by atoms with Crippen LogP contribution in [-0.4, -0.2) is 27.6 Å². The van der Waals surface area contributed by atoms with E-state index in [0.717, 1.165) is 22.3 Å². The van der Waals surface area contributed by atoms with Crippen LogP contribution in [0.1, 0.15) is 50.8 Å². The minimum absolute atomic E-state index is 0.0396. The van der Waals surface area contributed by atoms with Gasteiger partial charge in [0.2, 0.25) is 5.56 Å². The van der Waals surface area contributed by atoms with Crippen molar-refractivity contribution in [3.05, 3.63) is 94.4 Å². The maximum atomic E-state index is 13.3. The van der Waals surface area contributed by atoms with Gasteiger partial charge in [0, 0.05) is 44.2 Å². The van der Waals surface area contributed by atoms with Gasteiger partial charge in [-0.05, 0) is 49.1 Å². The molecule has 2 N–H and O–H groups in total. The second-order valence-corrected chi connectivity index (χ2v) is 10.0. The van der Waals surface area contributed by atoms with Crippen LogP contribution in [0, 0.1) is 0 Å². The molecule has 2 aromatic carbocycles. The van der Waals surface area contributed by atoms with Crippen LogP contribution in [0.5, 0.6) is 0 Å². The molecular weight excluding hydrogens is 426 g/mol. The highest BCUT2D eigenvalue weighted by Gasteiger charge is 2.45. The van der Waals surface area contributed by atoms with E-state index in [0.29, 0.717) is 19.4 Å². The third-order valence-corrected chi connectivity index (χ3v) is 6.59. The van der Waals surface area contributed by atoms with Crippen molar-refractivity contribution in [2.45, 2.75) is 50.8 Å². The summed E-state index contributed by atoms with van der Waals surface area (Å²) in [5.41, 5.74) is 9.10. The van der Waals surface area contributed by atoms with Crippen molar-refractivity contribution in [2.24, 2.45) is 12.8 Å². The molecule has 0 unspecified atom stereocenters. The highest BCUT2D eigenvalue weighted by Crippen LogP contribution is 2.41. The summed E-state index contributed by atoms with van der Waals surface area (Å²) < 4.78 is 7.75. The highest BCUT2D eigenvalue weighted by atomic mass is 16.6. The highest BCUT2D eigenvalue weighted by molar-refractivity contribution is 5.70. The summed E-state index contributed by atoms with van der Waals surface area (Å²) in [5, 5.41) is 0. The molecule has 2 heterocycles. The number of benzene rings is 2. The first-order chi connectivity index (χ1) is 16.1. The lowest BCUT2D eigenvalue weighted by molar-refractivity contribution is -0.0738. The number of amides is 1. The predicted molar refractivity (Wildman–Crippen MR) is 134 cm³/mol. The Bertz CT molecular complexity index is 1210. The molecule has 0 radical (unpaired) electrons. The van der Waals surface area contributed by atoms with E-state index in [1.165, 1.54) is 0 Å². The summed E-state index contributed by atoms with van der Waals surface area (Å²) in [6.45, 7) is 6.53. The molecular formula is C28H33N3O3. The van der Waals surface area contributed by atoms with Gasteiger partial charge in [0.05, 0.1) is 6.04 Å². The van der Waals surface area contributed by atoms with E-state index >= 15 is 0 Å². The number of nitrogens with two attached hydrogens (primary N) is 1. The van der Waals surface area contributed by atoms with Gasteiger partial charge in [-0.1, -0.05) is 54.6 Å². The van der Waals surface area contributed by atoms with Crippen LogP contribution in [0.4, 0.5) is 4.79 Å². The number of hydrogen-bond acceptors (Lipinski definition) is 4. The average molecular weight is 460 g/mol. The van der Waals surface area contributed by atoms with E-state index in [1.807, 2.05) is 87.6 Å². The Kier molecular flexibility index (Phi) is 6.36. The number of rotatable bonds is 6. The summed E-state index contributed by atoms with van der Waals surface area (Å²) in [4.78, 5) is 26.7. The number of carbonyl (C=O) groups excluding carboxylic acids is 1. The third-order valence-electron chi connectivity index (χ3n) is 6.59. The molecule has 0 saturated carbocycles. The van der Waals surface area contributed by atoms with Gasteiger partial charge in [0.1, 0.15) is 5.60 Å². The monoisotopic (exact) mass is 459 g/mol. The number of carbonyl (C=O) groups is 1. The molecule has 1 amide bonds. The standard InChI is InChI=1S/C28H33N3O3/c1-20(21-10-12-22(13-11-21)23-14-15-25(32)30(4)18-23)31-17-16-28(34-26(31)33,19-27(2,3)29)24-8-6-5-7-9-24/h5-15,18,20H,16-17,19,29H2,1-4H3/t20-,28-/m0/s1. The van der Waals surface area contributed by atoms with Crippen LogP contribution in [0.2, 0.25) is 0 Å². The summed E-state index contributed by atoms with van der Waals surface area (Å²) in [6.07, 6.45) is 2.72. The van der Waals surface area contributed by atoms with Gasteiger partial charge >= 0.3 is 6.09 Å². The maximum absolute atomic E-state index is 13.3. The Balaban J connectivity index is 1.54. The SMILES string of the molecule is C[C@@H](c1ccc(-c2ccc(=O)n(C)c2)cc1)N1CC[C@](CC(C)(C)N)(c2ccccc2)OC1=O. The van der Waals surface area contributed by atoms with Gasteiger partial charge in [-0.25, -0.2) is 4.79 Å². The van der Waals surface area contributed by atoms with Gasteiger partial charge in [-0.15, -0.1) is 0 Å². The van der Waals surface area contributed by atoms with Crippen molar-refractivity contribution < 1.29 is 9.53 Å². The molecule has 1 aromatic heterocycles.